The first-order valence-corrected chi connectivity index (χ1v) is 6.07. The van der Waals surface area contributed by atoms with Crippen molar-refractivity contribution in [2.24, 2.45) is 0 Å². The molecule has 0 saturated carbocycles. The molecule has 0 atom stereocenters. The fraction of sp³-hybridized carbons (Fsp3) is 0.0667. The summed E-state index contributed by atoms with van der Waals surface area (Å²) in [5.41, 5.74) is 0.778. The van der Waals surface area contributed by atoms with E-state index in [0.717, 1.165) is 6.07 Å². The number of nitriles is 1. The summed E-state index contributed by atoms with van der Waals surface area (Å²) >= 11 is 0. The molecule has 2 aromatic carbocycles. The number of carbonyl (C=O) groups excluding carboxylic acids is 1. The van der Waals surface area contributed by atoms with Gasteiger partial charge in [-0.25, -0.2) is 8.78 Å². The van der Waals surface area contributed by atoms with Crippen molar-refractivity contribution in [1.82, 2.24) is 0 Å². The average Bonchev–Trinajstić information content (AvgIpc) is 2.48. The lowest BCUT2D eigenvalue weighted by atomic mass is 10.2. The van der Waals surface area contributed by atoms with Crippen molar-refractivity contribution in [3.63, 3.8) is 0 Å². The predicted molar refractivity (Wildman–Crippen MR) is 74.6 cm³/mol. The van der Waals surface area contributed by atoms with Gasteiger partial charge in [0.05, 0.1) is 23.9 Å². The van der Waals surface area contributed by atoms with E-state index >= 15 is 0 Å². The first-order chi connectivity index (χ1) is 10.1. The molecule has 21 heavy (non-hydrogen) atoms. The van der Waals surface area contributed by atoms with Gasteiger partial charge in [-0.05, 0) is 42.5 Å². The van der Waals surface area contributed by atoms with Crippen LogP contribution in [-0.4, -0.2) is 12.5 Å². The number of amides is 1. The molecule has 0 unspecified atom stereocenters. The lowest BCUT2D eigenvalue weighted by Gasteiger charge is -2.08. The van der Waals surface area contributed by atoms with Crippen molar-refractivity contribution in [2.45, 2.75) is 0 Å². The molecule has 2 aromatic rings. The van der Waals surface area contributed by atoms with Gasteiger partial charge >= 0.3 is 0 Å². The Kier molecular flexibility index (Phi) is 4.46. The first-order valence-electron chi connectivity index (χ1n) is 6.07. The van der Waals surface area contributed by atoms with Crippen molar-refractivity contribution < 1.29 is 13.6 Å². The smallest absolute Gasteiger partial charge is 0.243 e. The summed E-state index contributed by atoms with van der Waals surface area (Å²) in [4.78, 5) is 11.7. The van der Waals surface area contributed by atoms with Crippen molar-refractivity contribution in [3.8, 4) is 6.07 Å². The molecule has 0 aliphatic rings. The third-order valence-corrected chi connectivity index (χ3v) is 2.67. The lowest BCUT2D eigenvalue weighted by molar-refractivity contribution is -0.114. The maximum atomic E-state index is 13.6. The van der Waals surface area contributed by atoms with Gasteiger partial charge in [0.25, 0.3) is 0 Å². The number of anilines is 2. The van der Waals surface area contributed by atoms with Crippen LogP contribution in [0.4, 0.5) is 20.2 Å². The highest BCUT2D eigenvalue weighted by Crippen LogP contribution is 2.15. The summed E-state index contributed by atoms with van der Waals surface area (Å²) < 4.78 is 26.3. The van der Waals surface area contributed by atoms with Crippen molar-refractivity contribution in [1.29, 1.82) is 5.26 Å². The molecular formula is C15H11F2N3O. The van der Waals surface area contributed by atoms with E-state index in [0.29, 0.717) is 5.69 Å². The molecule has 0 aromatic heterocycles. The average molecular weight is 287 g/mol. The highest BCUT2D eigenvalue weighted by atomic mass is 19.1. The minimum atomic E-state index is -0.608. The number of rotatable bonds is 4. The van der Waals surface area contributed by atoms with Gasteiger partial charge in [-0.2, -0.15) is 5.26 Å². The largest absolute Gasteiger partial charge is 0.374 e. The van der Waals surface area contributed by atoms with Crippen molar-refractivity contribution in [2.75, 3.05) is 17.2 Å². The third kappa shape index (κ3) is 4.01. The Labute approximate surface area is 120 Å². The fourth-order valence-corrected chi connectivity index (χ4v) is 1.64. The summed E-state index contributed by atoms with van der Waals surface area (Å²) in [7, 11) is 0. The van der Waals surface area contributed by atoms with Gasteiger partial charge in [0.1, 0.15) is 11.6 Å². The second-order valence-electron chi connectivity index (χ2n) is 4.22. The molecule has 0 aliphatic heterocycles. The number of nitrogens with one attached hydrogen (secondary N) is 2. The molecule has 1 amide bonds. The summed E-state index contributed by atoms with van der Waals surface area (Å²) in [6, 6.07) is 11.0. The van der Waals surface area contributed by atoms with Gasteiger partial charge in [0.15, 0.2) is 0 Å². The van der Waals surface area contributed by atoms with E-state index in [9.17, 15) is 13.6 Å². The van der Waals surface area contributed by atoms with Crippen LogP contribution >= 0.6 is 0 Å². The van der Waals surface area contributed by atoms with Gasteiger partial charge in [0, 0.05) is 5.69 Å². The van der Waals surface area contributed by atoms with Crippen LogP contribution in [0.2, 0.25) is 0 Å². The van der Waals surface area contributed by atoms with E-state index in [1.165, 1.54) is 36.4 Å². The fourth-order valence-electron chi connectivity index (χ4n) is 1.64. The maximum Gasteiger partial charge on any atom is 0.243 e. The Morgan fingerprint density at radius 2 is 1.86 bits per heavy atom. The molecule has 0 fully saturated rings. The maximum absolute atomic E-state index is 13.6. The Balaban J connectivity index is 1.92. The Hall–Kier alpha value is -2.94. The van der Waals surface area contributed by atoms with Crippen molar-refractivity contribution in [3.05, 3.63) is 59.7 Å². The van der Waals surface area contributed by atoms with Crippen LogP contribution in [0, 0.1) is 23.0 Å². The molecule has 0 spiro atoms. The van der Waals surface area contributed by atoms with E-state index in [1.54, 1.807) is 0 Å². The van der Waals surface area contributed by atoms with E-state index in [1.807, 2.05) is 6.07 Å². The van der Waals surface area contributed by atoms with E-state index in [2.05, 4.69) is 10.6 Å². The highest BCUT2D eigenvalue weighted by molar-refractivity contribution is 5.93. The van der Waals surface area contributed by atoms with Crippen LogP contribution in [0.5, 0.6) is 0 Å². The zero-order chi connectivity index (χ0) is 15.2. The molecule has 106 valence electrons. The van der Waals surface area contributed by atoms with Crippen LogP contribution in [-0.2, 0) is 4.79 Å². The monoisotopic (exact) mass is 287 g/mol. The highest BCUT2D eigenvalue weighted by Gasteiger charge is 2.06. The molecule has 2 N–H and O–H groups in total. The first kappa shape index (κ1) is 14.5. The molecule has 0 heterocycles. The molecule has 0 bridgehead atoms. The number of carbonyl (C=O) groups is 1. The zero-order valence-corrected chi connectivity index (χ0v) is 10.9. The molecule has 4 nitrogen and oxygen atoms in total. The molecule has 0 radical (unpaired) electrons. The normalized spacial score (nSPS) is 9.76. The Morgan fingerprint density at radius 3 is 2.48 bits per heavy atom. The standard InChI is InChI=1S/C15H11F2N3O/c16-11-2-4-12(5-3-11)20-15(21)9-19-14-6-1-10(8-18)7-13(14)17/h1-7,19H,9H2,(H,20,21). The van der Waals surface area contributed by atoms with Crippen LogP contribution in [0.3, 0.4) is 0 Å². The summed E-state index contributed by atoms with van der Waals surface area (Å²) in [5.74, 6) is -1.40. The van der Waals surface area contributed by atoms with Crippen LogP contribution in [0.15, 0.2) is 42.5 Å². The summed E-state index contributed by atoms with van der Waals surface area (Å²) in [5, 5.41) is 13.8. The molecular weight excluding hydrogens is 276 g/mol. The number of halogens is 2. The molecule has 0 saturated heterocycles. The number of benzene rings is 2. The predicted octanol–water partition coefficient (Wildman–Crippen LogP) is 2.89. The quantitative estimate of drug-likeness (QED) is 0.908. The number of hydrogen-bond donors (Lipinski definition) is 2. The van der Waals surface area contributed by atoms with Gasteiger partial charge < -0.3 is 10.6 Å². The number of hydrogen-bond acceptors (Lipinski definition) is 3. The molecule has 0 aliphatic carbocycles. The number of nitrogens with zero attached hydrogens (tertiary/aromatic N) is 1. The van der Waals surface area contributed by atoms with Gasteiger partial charge in [0.2, 0.25) is 5.91 Å². The second kappa shape index (κ2) is 6.48. The minimum Gasteiger partial charge on any atom is -0.374 e. The van der Waals surface area contributed by atoms with Gasteiger partial charge in [-0.15, -0.1) is 0 Å². The molecule has 2 rings (SSSR count). The van der Waals surface area contributed by atoms with Crippen molar-refractivity contribution >= 4 is 17.3 Å². The second-order valence-corrected chi connectivity index (χ2v) is 4.22. The summed E-state index contributed by atoms with van der Waals surface area (Å²) in [6.45, 7) is -0.153. The Morgan fingerprint density at radius 1 is 1.14 bits per heavy atom. The minimum absolute atomic E-state index is 0.128. The van der Waals surface area contributed by atoms with Crippen LogP contribution in [0.1, 0.15) is 5.56 Å². The lowest BCUT2D eigenvalue weighted by Crippen LogP contribution is -2.22. The topological polar surface area (TPSA) is 64.9 Å². The van der Waals surface area contributed by atoms with Gasteiger partial charge in [-0.1, -0.05) is 0 Å². The zero-order valence-electron chi connectivity index (χ0n) is 10.9. The van der Waals surface area contributed by atoms with Crippen LogP contribution < -0.4 is 10.6 Å². The van der Waals surface area contributed by atoms with E-state index in [-0.39, 0.29) is 17.8 Å². The van der Waals surface area contributed by atoms with E-state index < -0.39 is 17.5 Å². The molecule has 6 heteroatoms. The van der Waals surface area contributed by atoms with Crippen LogP contribution in [0.25, 0.3) is 0 Å². The summed E-state index contributed by atoms with van der Waals surface area (Å²) in [6.07, 6.45) is 0. The Bertz CT molecular complexity index is 693. The SMILES string of the molecule is N#Cc1ccc(NCC(=O)Nc2ccc(F)cc2)c(F)c1. The van der Waals surface area contributed by atoms with Gasteiger partial charge in [-0.3, -0.25) is 4.79 Å². The third-order valence-electron chi connectivity index (χ3n) is 2.67. The van der Waals surface area contributed by atoms with E-state index in [4.69, 9.17) is 5.26 Å².